The third-order valence-corrected chi connectivity index (χ3v) is 3.44. The highest BCUT2D eigenvalue weighted by atomic mass is 79.9. The Kier molecular flexibility index (Phi) is 6.12. The molecule has 1 unspecified atom stereocenters. The van der Waals surface area contributed by atoms with E-state index in [-0.39, 0.29) is 5.54 Å². The summed E-state index contributed by atoms with van der Waals surface area (Å²) in [6.07, 6.45) is 0. The van der Waals surface area contributed by atoms with E-state index in [2.05, 4.69) is 54.3 Å². The van der Waals surface area contributed by atoms with Crippen LogP contribution in [0.4, 0.5) is 0 Å². The van der Waals surface area contributed by atoms with Crippen LogP contribution in [0.15, 0.2) is 22.7 Å². The summed E-state index contributed by atoms with van der Waals surface area (Å²) in [6, 6.07) is 6.39. The molecule has 0 aliphatic heterocycles. The van der Waals surface area contributed by atoms with Gasteiger partial charge >= 0.3 is 0 Å². The fourth-order valence-electron chi connectivity index (χ4n) is 1.48. The van der Waals surface area contributed by atoms with Crippen LogP contribution in [0.1, 0.15) is 33.3 Å². The van der Waals surface area contributed by atoms with Crippen LogP contribution in [-0.4, -0.2) is 18.1 Å². The summed E-state index contributed by atoms with van der Waals surface area (Å²) >= 11 is 9.59. The molecule has 2 nitrogen and oxygen atoms in total. The highest BCUT2D eigenvalue weighted by molar-refractivity contribution is 9.10. The molecule has 0 aromatic heterocycles. The van der Waals surface area contributed by atoms with Crippen LogP contribution in [0.5, 0.6) is 0 Å². The van der Waals surface area contributed by atoms with Gasteiger partial charge in [-0.25, -0.2) is 0 Å². The molecule has 102 valence electrons. The molecule has 0 saturated carbocycles. The van der Waals surface area contributed by atoms with Gasteiger partial charge in [0.2, 0.25) is 0 Å². The Morgan fingerprint density at radius 1 is 1.33 bits per heavy atom. The SMILES string of the molecule is CC(CNC(C)(C)C)NCc1ccc(Br)cc1Cl. The van der Waals surface area contributed by atoms with Crippen molar-refractivity contribution in [2.24, 2.45) is 0 Å². The summed E-state index contributed by atoms with van der Waals surface area (Å²) in [4.78, 5) is 0. The molecule has 0 saturated heterocycles. The average molecular weight is 334 g/mol. The van der Waals surface area contributed by atoms with Crippen LogP contribution >= 0.6 is 27.5 Å². The summed E-state index contributed by atoms with van der Waals surface area (Å²) in [7, 11) is 0. The predicted octanol–water partition coefficient (Wildman–Crippen LogP) is 3.97. The molecule has 2 N–H and O–H groups in total. The van der Waals surface area contributed by atoms with E-state index in [1.54, 1.807) is 0 Å². The normalized spacial score (nSPS) is 13.7. The molecule has 1 aromatic carbocycles. The molecule has 1 rings (SSSR count). The number of rotatable bonds is 5. The molecule has 18 heavy (non-hydrogen) atoms. The van der Waals surface area contributed by atoms with E-state index < -0.39 is 0 Å². The van der Waals surface area contributed by atoms with Gasteiger partial charge in [0.15, 0.2) is 0 Å². The first-order valence-electron chi connectivity index (χ1n) is 6.20. The molecule has 0 aliphatic carbocycles. The van der Waals surface area contributed by atoms with Crippen molar-refractivity contribution < 1.29 is 0 Å². The molecule has 0 heterocycles. The van der Waals surface area contributed by atoms with Crippen molar-refractivity contribution >= 4 is 27.5 Å². The molecular formula is C14H22BrClN2. The van der Waals surface area contributed by atoms with Crippen molar-refractivity contribution in [3.05, 3.63) is 33.3 Å². The second-order valence-corrected chi connectivity index (χ2v) is 6.97. The molecule has 0 amide bonds. The lowest BCUT2D eigenvalue weighted by Crippen LogP contribution is -2.44. The Morgan fingerprint density at radius 3 is 2.56 bits per heavy atom. The van der Waals surface area contributed by atoms with E-state index in [0.717, 1.165) is 28.1 Å². The summed E-state index contributed by atoms with van der Waals surface area (Å²) in [6.45, 7) is 10.4. The van der Waals surface area contributed by atoms with E-state index >= 15 is 0 Å². The molecule has 1 atom stereocenters. The summed E-state index contributed by atoms with van der Waals surface area (Å²) in [5, 5.41) is 7.75. The smallest absolute Gasteiger partial charge is 0.0462 e. The fraction of sp³-hybridized carbons (Fsp3) is 0.571. The zero-order valence-corrected chi connectivity index (χ0v) is 13.8. The van der Waals surface area contributed by atoms with Crippen molar-refractivity contribution in [2.45, 2.75) is 45.8 Å². The monoisotopic (exact) mass is 332 g/mol. The lowest BCUT2D eigenvalue weighted by molar-refractivity contribution is 0.387. The fourth-order valence-corrected chi connectivity index (χ4v) is 2.22. The molecule has 0 spiro atoms. The van der Waals surface area contributed by atoms with Crippen LogP contribution in [0.3, 0.4) is 0 Å². The Hall–Kier alpha value is -0.0900. The second-order valence-electron chi connectivity index (χ2n) is 5.65. The Balaban J connectivity index is 2.40. The van der Waals surface area contributed by atoms with Gasteiger partial charge in [0.05, 0.1) is 0 Å². The summed E-state index contributed by atoms with van der Waals surface area (Å²) < 4.78 is 1.01. The molecule has 0 radical (unpaired) electrons. The number of benzene rings is 1. The zero-order chi connectivity index (χ0) is 13.8. The van der Waals surface area contributed by atoms with Gasteiger partial charge in [0, 0.05) is 34.2 Å². The Morgan fingerprint density at radius 2 is 2.00 bits per heavy atom. The van der Waals surface area contributed by atoms with Gasteiger partial charge in [-0.05, 0) is 45.4 Å². The largest absolute Gasteiger partial charge is 0.311 e. The van der Waals surface area contributed by atoms with Crippen molar-refractivity contribution in [3.8, 4) is 0 Å². The van der Waals surface area contributed by atoms with E-state index in [1.807, 2.05) is 18.2 Å². The van der Waals surface area contributed by atoms with Crippen molar-refractivity contribution in [1.29, 1.82) is 0 Å². The summed E-state index contributed by atoms with van der Waals surface area (Å²) in [5.74, 6) is 0. The van der Waals surface area contributed by atoms with E-state index in [1.165, 1.54) is 0 Å². The standard InChI is InChI=1S/C14H22BrClN2/c1-10(8-18-14(2,3)4)17-9-11-5-6-12(15)7-13(11)16/h5-7,10,17-18H,8-9H2,1-4H3. The minimum Gasteiger partial charge on any atom is -0.311 e. The van der Waals surface area contributed by atoms with Crippen molar-refractivity contribution in [3.63, 3.8) is 0 Å². The first-order valence-corrected chi connectivity index (χ1v) is 7.37. The number of halogens is 2. The van der Waals surface area contributed by atoms with Gasteiger partial charge in [-0.3, -0.25) is 0 Å². The summed E-state index contributed by atoms with van der Waals surface area (Å²) in [5.41, 5.74) is 1.29. The van der Waals surface area contributed by atoms with Crippen LogP contribution in [0, 0.1) is 0 Å². The first-order chi connectivity index (χ1) is 8.28. The van der Waals surface area contributed by atoms with Gasteiger partial charge in [-0.2, -0.15) is 0 Å². The molecule has 1 aromatic rings. The van der Waals surface area contributed by atoms with Crippen LogP contribution in [0.2, 0.25) is 5.02 Å². The van der Waals surface area contributed by atoms with E-state index in [4.69, 9.17) is 11.6 Å². The lowest BCUT2D eigenvalue weighted by atomic mass is 10.1. The predicted molar refractivity (Wildman–Crippen MR) is 83.2 cm³/mol. The topological polar surface area (TPSA) is 24.1 Å². The van der Waals surface area contributed by atoms with E-state index in [0.29, 0.717) is 6.04 Å². The maximum Gasteiger partial charge on any atom is 0.0462 e. The minimum absolute atomic E-state index is 0.158. The van der Waals surface area contributed by atoms with Crippen molar-refractivity contribution in [1.82, 2.24) is 10.6 Å². The maximum atomic E-state index is 6.18. The van der Waals surface area contributed by atoms with Gasteiger partial charge in [-0.1, -0.05) is 33.6 Å². The van der Waals surface area contributed by atoms with Crippen molar-refractivity contribution in [2.75, 3.05) is 6.54 Å². The zero-order valence-electron chi connectivity index (χ0n) is 11.5. The minimum atomic E-state index is 0.158. The van der Waals surface area contributed by atoms with Gasteiger partial charge in [0.25, 0.3) is 0 Å². The van der Waals surface area contributed by atoms with Gasteiger partial charge in [-0.15, -0.1) is 0 Å². The molecule has 0 bridgehead atoms. The first kappa shape index (κ1) is 16.0. The number of hydrogen-bond acceptors (Lipinski definition) is 2. The highest BCUT2D eigenvalue weighted by Crippen LogP contribution is 2.21. The lowest BCUT2D eigenvalue weighted by Gasteiger charge is -2.24. The maximum absolute atomic E-state index is 6.18. The van der Waals surface area contributed by atoms with Crippen LogP contribution < -0.4 is 10.6 Å². The number of nitrogens with one attached hydrogen (secondary N) is 2. The van der Waals surface area contributed by atoms with Crippen LogP contribution in [0.25, 0.3) is 0 Å². The number of hydrogen-bond donors (Lipinski definition) is 2. The Bertz CT molecular complexity index is 388. The quantitative estimate of drug-likeness (QED) is 0.852. The molecule has 0 fully saturated rings. The average Bonchev–Trinajstić information content (AvgIpc) is 2.24. The Labute approximate surface area is 124 Å². The highest BCUT2D eigenvalue weighted by Gasteiger charge is 2.11. The third-order valence-electron chi connectivity index (χ3n) is 2.59. The van der Waals surface area contributed by atoms with E-state index in [9.17, 15) is 0 Å². The molecular weight excluding hydrogens is 312 g/mol. The second kappa shape index (κ2) is 6.90. The van der Waals surface area contributed by atoms with Crippen LogP contribution in [-0.2, 0) is 6.54 Å². The van der Waals surface area contributed by atoms with Gasteiger partial charge < -0.3 is 10.6 Å². The molecule has 0 aliphatic rings. The third kappa shape index (κ3) is 6.19. The molecule has 4 heteroatoms. The van der Waals surface area contributed by atoms with Gasteiger partial charge in [0.1, 0.15) is 0 Å².